The molecule has 0 unspecified atom stereocenters. The van der Waals surface area contributed by atoms with Crippen molar-refractivity contribution in [1.29, 1.82) is 0 Å². The SMILES string of the molecule is CC(=O)OCc1ccc(NC(=O)[C@@H](C)NC(=O)[C@H](N)C(C)C)cc1. The summed E-state index contributed by atoms with van der Waals surface area (Å²) in [5, 5.41) is 5.30. The highest BCUT2D eigenvalue weighted by Gasteiger charge is 2.22. The highest BCUT2D eigenvalue weighted by atomic mass is 16.5. The van der Waals surface area contributed by atoms with Gasteiger partial charge in [0, 0.05) is 12.6 Å². The van der Waals surface area contributed by atoms with Gasteiger partial charge in [-0.25, -0.2) is 0 Å². The summed E-state index contributed by atoms with van der Waals surface area (Å²) in [5.74, 6) is -1.06. The van der Waals surface area contributed by atoms with E-state index in [1.807, 2.05) is 13.8 Å². The number of ether oxygens (including phenoxy) is 1. The maximum atomic E-state index is 12.1. The molecule has 1 aromatic carbocycles. The fourth-order valence-corrected chi connectivity index (χ4v) is 1.80. The summed E-state index contributed by atoms with van der Waals surface area (Å²) < 4.78 is 4.89. The second-order valence-corrected chi connectivity index (χ2v) is 5.97. The summed E-state index contributed by atoms with van der Waals surface area (Å²) in [6.45, 7) is 6.80. The summed E-state index contributed by atoms with van der Waals surface area (Å²) in [6, 6.07) is 5.53. The van der Waals surface area contributed by atoms with E-state index < -0.39 is 12.1 Å². The average Bonchev–Trinajstić information content (AvgIpc) is 2.52. The molecule has 0 saturated heterocycles. The van der Waals surface area contributed by atoms with Crippen LogP contribution in [0.5, 0.6) is 0 Å². The molecule has 0 bridgehead atoms. The highest BCUT2D eigenvalue weighted by molar-refractivity contribution is 5.97. The minimum Gasteiger partial charge on any atom is -0.461 e. The predicted octanol–water partition coefficient (Wildman–Crippen LogP) is 1.18. The van der Waals surface area contributed by atoms with Crippen molar-refractivity contribution in [2.45, 2.75) is 46.4 Å². The van der Waals surface area contributed by atoms with E-state index in [0.717, 1.165) is 5.56 Å². The Morgan fingerprint density at radius 1 is 1.08 bits per heavy atom. The molecule has 2 atom stereocenters. The van der Waals surface area contributed by atoms with Crippen LogP contribution in [0.2, 0.25) is 0 Å². The lowest BCUT2D eigenvalue weighted by Gasteiger charge is -2.19. The van der Waals surface area contributed by atoms with Crippen LogP contribution in [0.15, 0.2) is 24.3 Å². The van der Waals surface area contributed by atoms with Gasteiger partial charge in [0.05, 0.1) is 6.04 Å². The van der Waals surface area contributed by atoms with Crippen molar-refractivity contribution in [3.8, 4) is 0 Å². The molecule has 1 rings (SSSR count). The molecule has 1 aromatic rings. The Balaban J connectivity index is 2.54. The molecule has 0 radical (unpaired) electrons. The maximum Gasteiger partial charge on any atom is 0.302 e. The Bertz CT molecular complexity index is 584. The third-order valence-electron chi connectivity index (χ3n) is 3.44. The van der Waals surface area contributed by atoms with Gasteiger partial charge in [-0.1, -0.05) is 26.0 Å². The monoisotopic (exact) mass is 335 g/mol. The number of nitrogens with two attached hydrogens (primary N) is 1. The van der Waals surface area contributed by atoms with Gasteiger partial charge in [0.2, 0.25) is 11.8 Å². The summed E-state index contributed by atoms with van der Waals surface area (Å²) in [4.78, 5) is 34.7. The van der Waals surface area contributed by atoms with Crippen LogP contribution in [0.25, 0.3) is 0 Å². The van der Waals surface area contributed by atoms with Crippen molar-refractivity contribution in [3.05, 3.63) is 29.8 Å². The number of anilines is 1. The van der Waals surface area contributed by atoms with Crippen LogP contribution in [0.1, 0.15) is 33.3 Å². The summed E-state index contributed by atoms with van der Waals surface area (Å²) in [7, 11) is 0. The van der Waals surface area contributed by atoms with E-state index in [-0.39, 0.29) is 30.3 Å². The zero-order chi connectivity index (χ0) is 18.3. The molecule has 132 valence electrons. The van der Waals surface area contributed by atoms with Gasteiger partial charge in [-0.3, -0.25) is 14.4 Å². The lowest BCUT2D eigenvalue weighted by molar-refractivity contribution is -0.142. The Labute approximate surface area is 141 Å². The van der Waals surface area contributed by atoms with Crippen molar-refractivity contribution in [2.75, 3.05) is 5.32 Å². The number of hydrogen-bond donors (Lipinski definition) is 3. The minimum absolute atomic E-state index is 0.00923. The number of carbonyl (C=O) groups is 3. The first-order valence-corrected chi connectivity index (χ1v) is 7.79. The Morgan fingerprint density at radius 2 is 1.67 bits per heavy atom. The number of rotatable bonds is 7. The largest absolute Gasteiger partial charge is 0.461 e. The second kappa shape index (κ2) is 9.02. The zero-order valence-corrected chi connectivity index (χ0v) is 14.5. The number of esters is 1. The third-order valence-corrected chi connectivity index (χ3v) is 3.44. The first-order valence-electron chi connectivity index (χ1n) is 7.79. The van der Waals surface area contributed by atoms with Gasteiger partial charge in [0.1, 0.15) is 12.6 Å². The molecule has 0 fully saturated rings. The molecule has 0 aliphatic carbocycles. The normalized spacial score (nSPS) is 13.1. The van der Waals surface area contributed by atoms with Gasteiger partial charge in [0.15, 0.2) is 0 Å². The zero-order valence-electron chi connectivity index (χ0n) is 14.5. The maximum absolute atomic E-state index is 12.1. The van der Waals surface area contributed by atoms with E-state index in [1.165, 1.54) is 6.92 Å². The Hall–Kier alpha value is -2.41. The second-order valence-electron chi connectivity index (χ2n) is 5.97. The van der Waals surface area contributed by atoms with Gasteiger partial charge in [-0.05, 0) is 30.5 Å². The van der Waals surface area contributed by atoms with E-state index in [1.54, 1.807) is 31.2 Å². The highest BCUT2D eigenvalue weighted by Crippen LogP contribution is 2.11. The molecule has 0 spiro atoms. The smallest absolute Gasteiger partial charge is 0.302 e. The Kier molecular flexibility index (Phi) is 7.38. The van der Waals surface area contributed by atoms with E-state index in [2.05, 4.69) is 10.6 Å². The number of benzene rings is 1. The number of carbonyl (C=O) groups excluding carboxylic acids is 3. The first-order chi connectivity index (χ1) is 11.2. The fraction of sp³-hybridized carbons (Fsp3) is 0.471. The average molecular weight is 335 g/mol. The van der Waals surface area contributed by atoms with Crippen LogP contribution in [-0.2, 0) is 25.7 Å². The van der Waals surface area contributed by atoms with Crippen LogP contribution >= 0.6 is 0 Å². The van der Waals surface area contributed by atoms with E-state index in [4.69, 9.17) is 10.5 Å². The molecule has 0 aliphatic heterocycles. The molecule has 0 heterocycles. The van der Waals surface area contributed by atoms with E-state index >= 15 is 0 Å². The number of hydrogen-bond acceptors (Lipinski definition) is 5. The fourth-order valence-electron chi connectivity index (χ4n) is 1.80. The predicted molar refractivity (Wildman–Crippen MR) is 91.0 cm³/mol. The summed E-state index contributed by atoms with van der Waals surface area (Å²) in [6.07, 6.45) is 0. The topological polar surface area (TPSA) is 111 Å². The molecule has 24 heavy (non-hydrogen) atoms. The lowest BCUT2D eigenvalue weighted by atomic mass is 10.0. The van der Waals surface area contributed by atoms with E-state index in [0.29, 0.717) is 5.69 Å². The summed E-state index contributed by atoms with van der Waals surface area (Å²) in [5.41, 5.74) is 7.14. The van der Waals surface area contributed by atoms with Crippen molar-refractivity contribution in [1.82, 2.24) is 5.32 Å². The van der Waals surface area contributed by atoms with Crippen LogP contribution in [-0.4, -0.2) is 29.9 Å². The number of nitrogens with one attached hydrogen (secondary N) is 2. The van der Waals surface area contributed by atoms with Gasteiger partial charge in [-0.15, -0.1) is 0 Å². The molecular formula is C17H25N3O4. The molecular weight excluding hydrogens is 310 g/mol. The van der Waals surface area contributed by atoms with Crippen molar-refractivity contribution in [3.63, 3.8) is 0 Å². The Morgan fingerprint density at radius 3 is 2.17 bits per heavy atom. The van der Waals surface area contributed by atoms with Gasteiger partial charge in [-0.2, -0.15) is 0 Å². The first kappa shape index (κ1) is 19.6. The van der Waals surface area contributed by atoms with Crippen LogP contribution in [0.4, 0.5) is 5.69 Å². The quantitative estimate of drug-likeness (QED) is 0.648. The van der Waals surface area contributed by atoms with Gasteiger partial charge in [0.25, 0.3) is 0 Å². The van der Waals surface area contributed by atoms with Crippen LogP contribution < -0.4 is 16.4 Å². The molecule has 2 amide bonds. The van der Waals surface area contributed by atoms with Crippen molar-refractivity contribution in [2.24, 2.45) is 11.7 Å². The molecule has 0 aromatic heterocycles. The van der Waals surface area contributed by atoms with Gasteiger partial charge < -0.3 is 21.1 Å². The van der Waals surface area contributed by atoms with Gasteiger partial charge >= 0.3 is 5.97 Å². The molecule has 0 saturated carbocycles. The summed E-state index contributed by atoms with van der Waals surface area (Å²) >= 11 is 0. The molecule has 4 N–H and O–H groups in total. The van der Waals surface area contributed by atoms with Crippen LogP contribution in [0, 0.1) is 5.92 Å². The standard InChI is InChI=1S/C17H25N3O4/c1-10(2)15(18)17(23)19-11(3)16(22)20-14-7-5-13(6-8-14)9-24-12(4)21/h5-8,10-11,15H,9,18H2,1-4H3,(H,19,23)(H,20,22)/t11-,15-/m1/s1. The van der Waals surface area contributed by atoms with Crippen molar-refractivity contribution >= 4 is 23.5 Å². The molecule has 7 heteroatoms. The lowest BCUT2D eigenvalue weighted by Crippen LogP contribution is -2.50. The minimum atomic E-state index is -0.706. The third kappa shape index (κ3) is 6.37. The van der Waals surface area contributed by atoms with E-state index in [9.17, 15) is 14.4 Å². The van der Waals surface area contributed by atoms with Crippen molar-refractivity contribution < 1.29 is 19.1 Å². The van der Waals surface area contributed by atoms with Crippen LogP contribution in [0.3, 0.4) is 0 Å². The molecule has 7 nitrogen and oxygen atoms in total. The molecule has 0 aliphatic rings. The number of amides is 2.